The van der Waals surface area contributed by atoms with E-state index in [4.69, 9.17) is 0 Å². The molecule has 1 saturated carbocycles. The van der Waals surface area contributed by atoms with Gasteiger partial charge in [-0.05, 0) is 31.2 Å². The van der Waals surface area contributed by atoms with Crippen molar-refractivity contribution in [2.75, 3.05) is 0 Å². The van der Waals surface area contributed by atoms with Gasteiger partial charge < -0.3 is 5.32 Å². The first-order valence-electron chi connectivity index (χ1n) is 6.63. The Labute approximate surface area is 99.3 Å². The Bertz CT molecular complexity index is 288. The largest absolute Gasteiger partial charge is 0.310 e. The lowest BCUT2D eigenvalue weighted by atomic mass is 9.84. The van der Waals surface area contributed by atoms with Gasteiger partial charge >= 0.3 is 0 Å². The summed E-state index contributed by atoms with van der Waals surface area (Å²) in [5.41, 5.74) is 1.39. The van der Waals surface area contributed by atoms with Gasteiger partial charge in [-0.3, -0.25) is 0 Å². The van der Waals surface area contributed by atoms with E-state index in [1.54, 1.807) is 0 Å². The highest BCUT2D eigenvalue weighted by Crippen LogP contribution is 2.26. The highest BCUT2D eigenvalue weighted by Gasteiger charge is 2.19. The van der Waals surface area contributed by atoms with Crippen LogP contribution in [0.2, 0.25) is 0 Å². The third kappa shape index (κ3) is 3.34. The molecule has 1 atom stereocenters. The molecule has 2 rings (SSSR count). The molecule has 1 aromatic carbocycles. The summed E-state index contributed by atoms with van der Waals surface area (Å²) >= 11 is 0. The molecule has 0 saturated heterocycles. The fourth-order valence-electron chi connectivity index (χ4n) is 2.68. The smallest absolute Gasteiger partial charge is 0.0208 e. The van der Waals surface area contributed by atoms with Crippen LogP contribution >= 0.6 is 0 Å². The second-order valence-electron chi connectivity index (χ2n) is 5.05. The van der Waals surface area contributed by atoms with Crippen molar-refractivity contribution in [1.82, 2.24) is 5.32 Å². The lowest BCUT2D eigenvalue weighted by Gasteiger charge is -2.28. The Balaban J connectivity index is 1.76. The molecular formula is C15H23N. The molecule has 16 heavy (non-hydrogen) atoms. The van der Waals surface area contributed by atoms with Crippen molar-refractivity contribution in [2.24, 2.45) is 5.92 Å². The standard InChI is InChI=1S/C15H23N/c1-13(15-10-6-3-7-11-15)16-12-14-8-4-2-5-9-14/h2,4-5,8-9,13,15-16H,3,6-7,10-12H2,1H3. The predicted molar refractivity (Wildman–Crippen MR) is 69.3 cm³/mol. The first-order chi connectivity index (χ1) is 7.86. The van der Waals surface area contributed by atoms with E-state index in [1.165, 1.54) is 37.7 Å². The molecule has 88 valence electrons. The van der Waals surface area contributed by atoms with E-state index in [1.807, 2.05) is 0 Å². The van der Waals surface area contributed by atoms with E-state index >= 15 is 0 Å². The minimum Gasteiger partial charge on any atom is -0.310 e. The first-order valence-corrected chi connectivity index (χ1v) is 6.63. The third-order valence-corrected chi connectivity index (χ3v) is 3.83. The third-order valence-electron chi connectivity index (χ3n) is 3.83. The summed E-state index contributed by atoms with van der Waals surface area (Å²) in [6, 6.07) is 11.4. The van der Waals surface area contributed by atoms with Gasteiger partial charge in [-0.2, -0.15) is 0 Å². The van der Waals surface area contributed by atoms with E-state index in [2.05, 4.69) is 42.6 Å². The molecule has 1 unspecified atom stereocenters. The molecule has 1 fully saturated rings. The van der Waals surface area contributed by atoms with Gasteiger partial charge in [-0.1, -0.05) is 49.6 Å². The second-order valence-corrected chi connectivity index (χ2v) is 5.05. The van der Waals surface area contributed by atoms with Crippen molar-refractivity contribution in [3.05, 3.63) is 35.9 Å². The molecule has 0 aromatic heterocycles. The zero-order valence-corrected chi connectivity index (χ0v) is 10.3. The van der Waals surface area contributed by atoms with Crippen LogP contribution in [-0.4, -0.2) is 6.04 Å². The van der Waals surface area contributed by atoms with Gasteiger partial charge in [0.2, 0.25) is 0 Å². The van der Waals surface area contributed by atoms with Crippen molar-refractivity contribution >= 4 is 0 Å². The fourth-order valence-corrected chi connectivity index (χ4v) is 2.68. The Morgan fingerprint density at radius 2 is 1.81 bits per heavy atom. The Kier molecular flexibility index (Phi) is 4.41. The maximum Gasteiger partial charge on any atom is 0.0208 e. The molecule has 1 N–H and O–H groups in total. The topological polar surface area (TPSA) is 12.0 Å². The maximum absolute atomic E-state index is 3.67. The predicted octanol–water partition coefficient (Wildman–Crippen LogP) is 3.75. The average Bonchev–Trinajstić information content (AvgIpc) is 2.38. The van der Waals surface area contributed by atoms with Crippen LogP contribution < -0.4 is 5.32 Å². The van der Waals surface area contributed by atoms with Gasteiger partial charge in [-0.25, -0.2) is 0 Å². The number of hydrogen-bond donors (Lipinski definition) is 1. The molecule has 0 spiro atoms. The Hall–Kier alpha value is -0.820. The van der Waals surface area contributed by atoms with Crippen LogP contribution in [0.4, 0.5) is 0 Å². The second kappa shape index (κ2) is 6.05. The summed E-state index contributed by atoms with van der Waals surface area (Å²) in [4.78, 5) is 0. The first kappa shape index (κ1) is 11.7. The van der Waals surface area contributed by atoms with Crippen molar-refractivity contribution in [2.45, 2.75) is 51.6 Å². The van der Waals surface area contributed by atoms with Gasteiger partial charge in [0.05, 0.1) is 0 Å². The van der Waals surface area contributed by atoms with Crippen LogP contribution in [0.25, 0.3) is 0 Å². The summed E-state index contributed by atoms with van der Waals surface area (Å²) in [5, 5.41) is 3.67. The Morgan fingerprint density at radius 3 is 2.50 bits per heavy atom. The fraction of sp³-hybridized carbons (Fsp3) is 0.600. The van der Waals surface area contributed by atoms with Gasteiger partial charge in [0.1, 0.15) is 0 Å². The number of nitrogens with one attached hydrogen (secondary N) is 1. The maximum atomic E-state index is 3.67. The van der Waals surface area contributed by atoms with Crippen molar-refractivity contribution in [3.63, 3.8) is 0 Å². The summed E-state index contributed by atoms with van der Waals surface area (Å²) in [5.74, 6) is 0.900. The monoisotopic (exact) mass is 217 g/mol. The highest BCUT2D eigenvalue weighted by molar-refractivity contribution is 5.14. The molecule has 1 aliphatic carbocycles. The van der Waals surface area contributed by atoms with Crippen LogP contribution in [0.15, 0.2) is 30.3 Å². The van der Waals surface area contributed by atoms with Crippen molar-refractivity contribution in [1.29, 1.82) is 0 Å². The number of rotatable bonds is 4. The molecule has 0 aliphatic heterocycles. The SMILES string of the molecule is CC(NCc1ccccc1)C1CCCCC1. The molecule has 0 heterocycles. The van der Waals surface area contributed by atoms with Gasteiger partial charge in [0, 0.05) is 12.6 Å². The van der Waals surface area contributed by atoms with E-state index in [0.29, 0.717) is 6.04 Å². The lowest BCUT2D eigenvalue weighted by Crippen LogP contribution is -2.34. The Morgan fingerprint density at radius 1 is 1.12 bits per heavy atom. The minimum absolute atomic E-state index is 0.667. The summed E-state index contributed by atoms with van der Waals surface area (Å²) in [6.07, 6.45) is 7.15. The van der Waals surface area contributed by atoms with Crippen LogP contribution in [0, 0.1) is 5.92 Å². The summed E-state index contributed by atoms with van der Waals surface area (Å²) in [7, 11) is 0. The van der Waals surface area contributed by atoms with E-state index in [9.17, 15) is 0 Å². The average molecular weight is 217 g/mol. The molecular weight excluding hydrogens is 194 g/mol. The lowest BCUT2D eigenvalue weighted by molar-refractivity contribution is 0.280. The van der Waals surface area contributed by atoms with Crippen LogP contribution in [-0.2, 0) is 6.54 Å². The summed E-state index contributed by atoms with van der Waals surface area (Å²) < 4.78 is 0. The molecule has 0 radical (unpaired) electrons. The van der Waals surface area contributed by atoms with E-state index < -0.39 is 0 Å². The zero-order chi connectivity index (χ0) is 11.2. The van der Waals surface area contributed by atoms with E-state index in [-0.39, 0.29) is 0 Å². The van der Waals surface area contributed by atoms with Crippen molar-refractivity contribution in [3.8, 4) is 0 Å². The van der Waals surface area contributed by atoms with Crippen molar-refractivity contribution < 1.29 is 0 Å². The molecule has 1 aliphatic rings. The van der Waals surface area contributed by atoms with Crippen LogP contribution in [0.1, 0.15) is 44.6 Å². The van der Waals surface area contributed by atoms with Gasteiger partial charge in [0.15, 0.2) is 0 Å². The summed E-state index contributed by atoms with van der Waals surface area (Å²) in [6.45, 7) is 3.36. The molecule has 1 aromatic rings. The molecule has 1 nitrogen and oxygen atoms in total. The zero-order valence-electron chi connectivity index (χ0n) is 10.3. The van der Waals surface area contributed by atoms with E-state index in [0.717, 1.165) is 12.5 Å². The quantitative estimate of drug-likeness (QED) is 0.810. The normalized spacial score (nSPS) is 19.6. The molecule has 0 bridgehead atoms. The number of benzene rings is 1. The van der Waals surface area contributed by atoms with Crippen LogP contribution in [0.5, 0.6) is 0 Å². The molecule has 1 heteroatoms. The van der Waals surface area contributed by atoms with Crippen LogP contribution in [0.3, 0.4) is 0 Å². The van der Waals surface area contributed by atoms with Gasteiger partial charge in [-0.15, -0.1) is 0 Å². The molecule has 0 amide bonds. The van der Waals surface area contributed by atoms with Gasteiger partial charge in [0.25, 0.3) is 0 Å². The minimum atomic E-state index is 0.667. The number of hydrogen-bond acceptors (Lipinski definition) is 1. The highest BCUT2D eigenvalue weighted by atomic mass is 14.9.